The van der Waals surface area contributed by atoms with E-state index in [4.69, 9.17) is 9.47 Å². The van der Waals surface area contributed by atoms with Crippen LogP contribution in [-0.4, -0.2) is 59.8 Å². The Bertz CT molecular complexity index is 1930. The molecule has 4 aromatic carbocycles. The Balaban J connectivity index is 1.09. The van der Waals surface area contributed by atoms with Gasteiger partial charge in [0.2, 0.25) is 11.7 Å². The minimum Gasteiger partial charge on any atom is -0.392 e. The first kappa shape index (κ1) is 35.5. The lowest BCUT2D eigenvalue weighted by Crippen LogP contribution is -2.57. The van der Waals surface area contributed by atoms with Gasteiger partial charge in [-0.1, -0.05) is 54.6 Å². The molecule has 3 fully saturated rings. The minimum absolute atomic E-state index is 0.00347. The smallest absolute Gasteiger partial charge is 0.261 e. The molecule has 9 nitrogen and oxygen atoms in total. The van der Waals surface area contributed by atoms with Gasteiger partial charge in [0.1, 0.15) is 11.1 Å². The molecule has 0 saturated carbocycles. The molecule has 0 unspecified atom stereocenters. The van der Waals surface area contributed by atoms with Crippen LogP contribution in [0.25, 0.3) is 0 Å². The van der Waals surface area contributed by atoms with Gasteiger partial charge >= 0.3 is 0 Å². The number of amides is 2. The summed E-state index contributed by atoms with van der Waals surface area (Å²) in [5.41, 5.74) is 0.707. The molecular formula is C38H35F5N4O5. The van der Waals surface area contributed by atoms with Gasteiger partial charge in [-0.3, -0.25) is 9.59 Å². The highest BCUT2D eigenvalue weighted by molar-refractivity contribution is 6.04. The van der Waals surface area contributed by atoms with Gasteiger partial charge < -0.3 is 35.0 Å². The van der Waals surface area contributed by atoms with Crippen LogP contribution in [0.15, 0.2) is 78.9 Å². The average molecular weight is 723 g/mol. The number of likely N-dealkylation sites (tertiary alicyclic amines) is 1. The van der Waals surface area contributed by atoms with Crippen LogP contribution in [0.5, 0.6) is 0 Å². The van der Waals surface area contributed by atoms with Crippen molar-refractivity contribution in [1.29, 1.82) is 0 Å². The number of piperidine rings is 1. The van der Waals surface area contributed by atoms with Crippen molar-refractivity contribution in [2.75, 3.05) is 36.5 Å². The van der Waals surface area contributed by atoms with Crippen molar-refractivity contribution in [1.82, 2.24) is 10.2 Å². The zero-order valence-corrected chi connectivity index (χ0v) is 27.8. The van der Waals surface area contributed by atoms with Crippen LogP contribution in [0.2, 0.25) is 0 Å². The maximum absolute atomic E-state index is 14.4. The van der Waals surface area contributed by atoms with E-state index < -0.39 is 58.5 Å². The molecule has 0 aliphatic carbocycles. The predicted molar refractivity (Wildman–Crippen MR) is 179 cm³/mol. The highest BCUT2D eigenvalue weighted by Crippen LogP contribution is 2.40. The molecule has 3 aliphatic rings. The molecule has 4 aromatic rings. The van der Waals surface area contributed by atoms with Crippen LogP contribution in [0.3, 0.4) is 0 Å². The van der Waals surface area contributed by atoms with Crippen LogP contribution in [0.1, 0.15) is 58.7 Å². The lowest BCUT2D eigenvalue weighted by atomic mass is 9.85. The third-order valence-corrected chi connectivity index (χ3v) is 10.0. The number of aliphatic hydroxyl groups is 1. The number of aliphatic hydroxyl groups excluding tert-OH is 1. The fourth-order valence-corrected chi connectivity index (χ4v) is 7.22. The van der Waals surface area contributed by atoms with E-state index in [1.807, 2.05) is 42.5 Å². The molecule has 2 amide bonds. The number of carbonyl (C=O) groups excluding carboxylic acids is 2. The Morgan fingerprint density at radius 2 is 1.52 bits per heavy atom. The van der Waals surface area contributed by atoms with Crippen molar-refractivity contribution in [3.05, 3.63) is 130 Å². The summed E-state index contributed by atoms with van der Waals surface area (Å²) in [7, 11) is 0. The van der Waals surface area contributed by atoms with Crippen molar-refractivity contribution in [3.63, 3.8) is 0 Å². The lowest BCUT2D eigenvalue weighted by Gasteiger charge is -2.45. The SMILES string of the molecule is O=C(Nc1cccc([C@H]2O[C@@H](CN3CCC4(CC3)C(=O)NCN4c3ccccc3)C[C@@H](c3ccc(CO)cc3)O2)c1)c1c(F)c(F)c(F)c(F)c1F. The summed E-state index contributed by atoms with van der Waals surface area (Å²) in [6.07, 6.45) is -0.0891. The van der Waals surface area contributed by atoms with E-state index in [1.54, 1.807) is 18.2 Å². The summed E-state index contributed by atoms with van der Waals surface area (Å²) in [5, 5.41) is 14.8. The van der Waals surface area contributed by atoms with E-state index in [1.165, 1.54) is 18.2 Å². The van der Waals surface area contributed by atoms with E-state index in [0.717, 1.165) is 16.8 Å². The summed E-state index contributed by atoms with van der Waals surface area (Å²) in [4.78, 5) is 30.4. The number of para-hydroxylation sites is 1. The van der Waals surface area contributed by atoms with Crippen molar-refractivity contribution < 1.29 is 46.1 Å². The van der Waals surface area contributed by atoms with E-state index in [-0.39, 0.29) is 24.3 Å². The summed E-state index contributed by atoms with van der Waals surface area (Å²) in [6, 6.07) is 23.1. The molecule has 1 spiro atoms. The van der Waals surface area contributed by atoms with Crippen molar-refractivity contribution >= 4 is 23.2 Å². The number of carbonyl (C=O) groups is 2. The van der Waals surface area contributed by atoms with E-state index in [2.05, 4.69) is 20.4 Å². The number of nitrogens with zero attached hydrogens (tertiary/aromatic N) is 2. The first-order chi connectivity index (χ1) is 25.1. The average Bonchev–Trinajstić information content (AvgIpc) is 3.48. The van der Waals surface area contributed by atoms with Gasteiger partial charge in [-0.2, -0.15) is 0 Å². The quantitative estimate of drug-likeness (QED) is 0.115. The first-order valence-electron chi connectivity index (χ1n) is 16.8. The molecule has 0 bridgehead atoms. The summed E-state index contributed by atoms with van der Waals surface area (Å²) in [5.74, 6) is -12.8. The van der Waals surface area contributed by atoms with Gasteiger partial charge in [0.25, 0.3) is 5.91 Å². The normalized spacial score (nSPS) is 21.7. The third-order valence-electron chi connectivity index (χ3n) is 10.0. The Morgan fingerprint density at radius 1 is 0.846 bits per heavy atom. The third kappa shape index (κ3) is 6.74. The maximum Gasteiger partial charge on any atom is 0.261 e. The molecular weight excluding hydrogens is 687 g/mol. The van der Waals surface area contributed by atoms with Gasteiger partial charge in [-0.05, 0) is 48.2 Å². The van der Waals surface area contributed by atoms with Gasteiger partial charge in [0.15, 0.2) is 29.6 Å². The zero-order chi connectivity index (χ0) is 36.6. The van der Waals surface area contributed by atoms with Crippen molar-refractivity contribution in [3.8, 4) is 0 Å². The second-order valence-corrected chi connectivity index (χ2v) is 13.1. The number of ether oxygens (including phenoxy) is 2. The van der Waals surface area contributed by atoms with Crippen LogP contribution in [0.4, 0.5) is 33.3 Å². The van der Waals surface area contributed by atoms with Gasteiger partial charge in [0, 0.05) is 43.0 Å². The Hall–Kier alpha value is -4.89. The fraction of sp³-hybridized carbons (Fsp3) is 0.316. The molecule has 3 heterocycles. The monoisotopic (exact) mass is 722 g/mol. The maximum atomic E-state index is 14.4. The molecule has 0 aromatic heterocycles. The lowest BCUT2D eigenvalue weighted by molar-refractivity contribution is -0.253. The van der Waals surface area contributed by atoms with E-state index in [0.29, 0.717) is 51.1 Å². The molecule has 3 atom stereocenters. The van der Waals surface area contributed by atoms with Crippen molar-refractivity contribution in [2.24, 2.45) is 0 Å². The number of hydrogen-bond acceptors (Lipinski definition) is 7. The second kappa shape index (κ2) is 14.6. The molecule has 14 heteroatoms. The number of nitrogens with one attached hydrogen (secondary N) is 2. The number of anilines is 2. The first-order valence-corrected chi connectivity index (χ1v) is 16.8. The standard InChI is InChI=1S/C38H35F5N4O5/c39-30-29(31(40)33(42)34(43)32(30)41)35(49)45-25-6-4-5-24(17-25)36-51-27(18-28(52-36)23-11-9-22(20-48)10-12-23)19-46-15-13-38(14-16-46)37(50)44-21-47(38)26-7-2-1-3-8-26/h1-12,17,27-28,36,48H,13-16,18-21H2,(H,44,50)(H,45,49)/t27-,28+,36+/m1/s1. The van der Waals surface area contributed by atoms with Gasteiger partial charge in [-0.15, -0.1) is 0 Å². The predicted octanol–water partition coefficient (Wildman–Crippen LogP) is 6.10. The number of halogens is 5. The fourth-order valence-electron chi connectivity index (χ4n) is 7.22. The van der Waals surface area contributed by atoms with E-state index >= 15 is 0 Å². The largest absolute Gasteiger partial charge is 0.392 e. The zero-order valence-electron chi connectivity index (χ0n) is 27.8. The highest BCUT2D eigenvalue weighted by atomic mass is 19.2. The molecule has 3 aliphatic heterocycles. The molecule has 272 valence electrons. The second-order valence-electron chi connectivity index (χ2n) is 13.1. The Morgan fingerprint density at radius 3 is 2.19 bits per heavy atom. The molecule has 7 rings (SSSR count). The van der Waals surface area contributed by atoms with E-state index in [9.17, 15) is 36.6 Å². The van der Waals surface area contributed by atoms with Crippen LogP contribution in [-0.2, 0) is 20.9 Å². The summed E-state index contributed by atoms with van der Waals surface area (Å²) in [6.45, 7) is 2.10. The molecule has 52 heavy (non-hydrogen) atoms. The van der Waals surface area contributed by atoms with Crippen LogP contribution < -0.4 is 15.5 Å². The van der Waals surface area contributed by atoms with Crippen LogP contribution in [0, 0.1) is 29.1 Å². The highest BCUT2D eigenvalue weighted by Gasteiger charge is 2.50. The van der Waals surface area contributed by atoms with Crippen LogP contribution >= 0.6 is 0 Å². The number of benzene rings is 4. The Kier molecular flexibility index (Phi) is 9.98. The molecule has 3 saturated heterocycles. The molecule has 3 N–H and O–H groups in total. The molecule has 0 radical (unpaired) electrons. The van der Waals surface area contributed by atoms with Gasteiger partial charge in [0.05, 0.1) is 25.5 Å². The number of rotatable bonds is 8. The topological polar surface area (TPSA) is 103 Å². The van der Waals surface area contributed by atoms with Gasteiger partial charge in [-0.25, -0.2) is 22.0 Å². The Labute approximate surface area is 295 Å². The summed E-state index contributed by atoms with van der Waals surface area (Å²) < 4.78 is 82.7. The minimum atomic E-state index is -2.36. The summed E-state index contributed by atoms with van der Waals surface area (Å²) >= 11 is 0. The van der Waals surface area contributed by atoms with Crippen molar-refractivity contribution in [2.45, 2.75) is 49.9 Å². The number of hydrogen-bond donors (Lipinski definition) is 3.